The summed E-state index contributed by atoms with van der Waals surface area (Å²) in [6, 6.07) is 5.84. The van der Waals surface area contributed by atoms with E-state index < -0.39 is 0 Å². The van der Waals surface area contributed by atoms with Crippen LogP contribution in [0.15, 0.2) is 23.3 Å². The Balaban J connectivity index is 2.34. The quantitative estimate of drug-likeness (QED) is 0.754. The molecule has 0 saturated heterocycles. The lowest BCUT2D eigenvalue weighted by Crippen LogP contribution is -2.34. The van der Waals surface area contributed by atoms with Gasteiger partial charge in [-0.15, -0.1) is 0 Å². The Kier molecular flexibility index (Phi) is 3.48. The molecule has 0 aliphatic carbocycles. The highest BCUT2D eigenvalue weighted by atomic mass is 35.5. The minimum atomic E-state index is 0.0488. The third-order valence-corrected chi connectivity index (χ3v) is 3.16. The Bertz CT molecular complexity index is 470. The zero-order valence-corrected chi connectivity index (χ0v) is 10.7. The highest BCUT2D eigenvalue weighted by molar-refractivity contribution is 6.30. The molecule has 17 heavy (non-hydrogen) atoms. The predicted octanol–water partition coefficient (Wildman–Crippen LogP) is 2.86. The van der Waals surface area contributed by atoms with Crippen LogP contribution in [0.3, 0.4) is 0 Å². The maximum atomic E-state index is 11.7. The first-order valence-corrected chi connectivity index (χ1v) is 6.14. The van der Waals surface area contributed by atoms with Crippen LogP contribution < -0.4 is 0 Å². The van der Waals surface area contributed by atoms with Gasteiger partial charge in [-0.3, -0.25) is 4.79 Å². The lowest BCUT2D eigenvalue weighted by atomic mass is 10.0. The van der Waals surface area contributed by atoms with Gasteiger partial charge in [0.2, 0.25) is 5.91 Å². The van der Waals surface area contributed by atoms with E-state index in [1.54, 1.807) is 11.2 Å². The topological polar surface area (TPSA) is 32.7 Å². The Morgan fingerprint density at radius 1 is 1.59 bits per heavy atom. The number of hydrogen-bond donors (Lipinski definition) is 0. The normalized spacial score (nSPS) is 18.8. The third-order valence-electron chi connectivity index (χ3n) is 2.92. The van der Waals surface area contributed by atoms with Crippen molar-refractivity contribution in [1.82, 2.24) is 5.01 Å². The molecular weight excluding hydrogens is 236 g/mol. The number of carbonyl (C=O) groups is 1. The third kappa shape index (κ3) is 2.50. The zero-order valence-electron chi connectivity index (χ0n) is 9.98. The van der Waals surface area contributed by atoms with Gasteiger partial charge in [-0.25, -0.2) is 5.01 Å². The van der Waals surface area contributed by atoms with E-state index in [1.165, 1.54) is 5.56 Å². The molecule has 0 aromatic heterocycles. The lowest BCUT2D eigenvalue weighted by Gasteiger charge is -2.22. The van der Waals surface area contributed by atoms with Gasteiger partial charge < -0.3 is 0 Å². The van der Waals surface area contributed by atoms with E-state index in [4.69, 9.17) is 11.6 Å². The molecule has 3 nitrogen and oxygen atoms in total. The summed E-state index contributed by atoms with van der Waals surface area (Å²) >= 11 is 5.95. The van der Waals surface area contributed by atoms with Crippen LogP contribution in [-0.2, 0) is 11.2 Å². The molecule has 0 saturated carbocycles. The SMILES string of the molecule is CCC(=O)N1N=Cc2cc(Cl)ccc2CC1C. The first-order chi connectivity index (χ1) is 8.11. The second kappa shape index (κ2) is 4.88. The molecule has 0 bridgehead atoms. The molecule has 0 fully saturated rings. The second-order valence-corrected chi connectivity index (χ2v) is 4.67. The molecule has 1 unspecified atom stereocenters. The van der Waals surface area contributed by atoms with Crippen molar-refractivity contribution in [3.8, 4) is 0 Å². The highest BCUT2D eigenvalue weighted by Crippen LogP contribution is 2.21. The number of hydrogen-bond acceptors (Lipinski definition) is 2. The van der Waals surface area contributed by atoms with Crippen LogP contribution in [0.1, 0.15) is 31.4 Å². The van der Waals surface area contributed by atoms with E-state index >= 15 is 0 Å². The number of rotatable bonds is 1. The number of carbonyl (C=O) groups excluding carboxylic acids is 1. The van der Waals surface area contributed by atoms with Crippen molar-refractivity contribution in [3.05, 3.63) is 34.3 Å². The van der Waals surface area contributed by atoms with Gasteiger partial charge in [-0.05, 0) is 36.6 Å². The predicted molar refractivity (Wildman–Crippen MR) is 69.3 cm³/mol. The van der Waals surface area contributed by atoms with Crippen molar-refractivity contribution in [3.63, 3.8) is 0 Å². The molecule has 1 amide bonds. The van der Waals surface area contributed by atoms with Crippen LogP contribution in [-0.4, -0.2) is 23.2 Å². The molecule has 1 aliphatic heterocycles. The number of halogens is 1. The molecule has 0 radical (unpaired) electrons. The summed E-state index contributed by atoms with van der Waals surface area (Å²) in [5.41, 5.74) is 2.17. The summed E-state index contributed by atoms with van der Waals surface area (Å²) in [5.74, 6) is 0.0488. The smallest absolute Gasteiger partial charge is 0.242 e. The van der Waals surface area contributed by atoms with E-state index in [0.717, 1.165) is 12.0 Å². The van der Waals surface area contributed by atoms with E-state index in [1.807, 2.05) is 32.0 Å². The standard InChI is InChI=1S/C13H15ClN2O/c1-3-13(17)16-9(2)6-10-4-5-12(14)7-11(10)8-15-16/h4-5,7-9H,3,6H2,1-2H3. The molecule has 90 valence electrons. The summed E-state index contributed by atoms with van der Waals surface area (Å²) in [6.07, 6.45) is 3.00. The van der Waals surface area contributed by atoms with Crippen molar-refractivity contribution >= 4 is 23.7 Å². The van der Waals surface area contributed by atoms with Gasteiger partial charge >= 0.3 is 0 Å². The monoisotopic (exact) mass is 250 g/mol. The van der Waals surface area contributed by atoms with E-state index in [9.17, 15) is 4.79 Å². The van der Waals surface area contributed by atoms with Crippen molar-refractivity contribution in [1.29, 1.82) is 0 Å². The van der Waals surface area contributed by atoms with Crippen molar-refractivity contribution in [2.24, 2.45) is 5.10 Å². The fourth-order valence-corrected chi connectivity index (χ4v) is 2.17. The van der Waals surface area contributed by atoms with E-state index in [2.05, 4.69) is 5.10 Å². The van der Waals surface area contributed by atoms with Gasteiger partial charge in [0.25, 0.3) is 0 Å². The number of nitrogens with zero attached hydrogens (tertiary/aromatic N) is 2. The van der Waals surface area contributed by atoms with E-state index in [-0.39, 0.29) is 11.9 Å². The Labute approximate surface area is 106 Å². The summed E-state index contributed by atoms with van der Waals surface area (Å²) in [7, 11) is 0. The number of amides is 1. The van der Waals surface area contributed by atoms with Crippen molar-refractivity contribution in [2.45, 2.75) is 32.7 Å². The number of fused-ring (bicyclic) bond motifs is 1. The van der Waals surface area contributed by atoms with Crippen LogP contribution in [0.25, 0.3) is 0 Å². The molecule has 0 spiro atoms. The highest BCUT2D eigenvalue weighted by Gasteiger charge is 2.21. The number of benzene rings is 1. The molecule has 1 heterocycles. The first-order valence-electron chi connectivity index (χ1n) is 5.76. The fourth-order valence-electron chi connectivity index (χ4n) is 1.99. The maximum Gasteiger partial charge on any atom is 0.242 e. The first kappa shape index (κ1) is 12.1. The zero-order chi connectivity index (χ0) is 12.4. The summed E-state index contributed by atoms with van der Waals surface area (Å²) in [6.45, 7) is 3.86. The summed E-state index contributed by atoms with van der Waals surface area (Å²) < 4.78 is 0. The van der Waals surface area contributed by atoms with Gasteiger partial charge in [0.15, 0.2) is 0 Å². The summed E-state index contributed by atoms with van der Waals surface area (Å²) in [4.78, 5) is 11.7. The molecule has 1 aromatic rings. The van der Waals surface area contributed by atoms with Crippen LogP contribution in [0, 0.1) is 0 Å². The van der Waals surface area contributed by atoms with Crippen LogP contribution in [0.5, 0.6) is 0 Å². The van der Waals surface area contributed by atoms with Crippen LogP contribution in [0.4, 0.5) is 0 Å². The molecular formula is C13H15ClN2O. The van der Waals surface area contributed by atoms with E-state index in [0.29, 0.717) is 11.4 Å². The van der Waals surface area contributed by atoms with Gasteiger partial charge in [0, 0.05) is 11.4 Å². The Hall–Kier alpha value is -1.35. The Morgan fingerprint density at radius 3 is 3.06 bits per heavy atom. The van der Waals surface area contributed by atoms with Gasteiger partial charge in [0.05, 0.1) is 12.3 Å². The molecule has 1 aliphatic rings. The minimum Gasteiger partial charge on any atom is -0.273 e. The maximum absolute atomic E-state index is 11.7. The average Bonchev–Trinajstić information content (AvgIpc) is 2.47. The van der Waals surface area contributed by atoms with Crippen molar-refractivity contribution in [2.75, 3.05) is 0 Å². The molecule has 1 aromatic carbocycles. The van der Waals surface area contributed by atoms with Gasteiger partial charge in [-0.2, -0.15) is 5.10 Å². The second-order valence-electron chi connectivity index (χ2n) is 4.23. The van der Waals surface area contributed by atoms with Gasteiger partial charge in [0.1, 0.15) is 0 Å². The van der Waals surface area contributed by atoms with Crippen LogP contribution >= 0.6 is 11.6 Å². The number of hydrazone groups is 1. The molecule has 0 N–H and O–H groups in total. The largest absolute Gasteiger partial charge is 0.273 e. The average molecular weight is 251 g/mol. The summed E-state index contributed by atoms with van der Waals surface area (Å²) in [5, 5.41) is 6.51. The van der Waals surface area contributed by atoms with Crippen LogP contribution in [0.2, 0.25) is 5.02 Å². The molecule has 2 rings (SSSR count). The lowest BCUT2D eigenvalue weighted by molar-refractivity contribution is -0.132. The molecule has 4 heteroatoms. The molecule has 1 atom stereocenters. The minimum absolute atomic E-state index is 0.0488. The van der Waals surface area contributed by atoms with Crippen molar-refractivity contribution < 1.29 is 4.79 Å². The van der Waals surface area contributed by atoms with Gasteiger partial charge in [-0.1, -0.05) is 24.6 Å². The fraction of sp³-hybridized carbons (Fsp3) is 0.385. The Morgan fingerprint density at radius 2 is 2.35 bits per heavy atom.